The molecular weight excluding hydrogens is 247 g/mol. The van der Waals surface area contributed by atoms with Crippen LogP contribution < -0.4 is 10.5 Å². The van der Waals surface area contributed by atoms with Gasteiger partial charge in [-0.15, -0.1) is 13.2 Å². The molecule has 18 heavy (non-hydrogen) atoms. The molecule has 1 atom stereocenters. The van der Waals surface area contributed by atoms with Crippen LogP contribution in [0.25, 0.3) is 0 Å². The van der Waals surface area contributed by atoms with Crippen LogP contribution in [0.1, 0.15) is 37.8 Å². The van der Waals surface area contributed by atoms with Crippen molar-refractivity contribution in [3.05, 3.63) is 23.8 Å². The van der Waals surface area contributed by atoms with Crippen LogP contribution in [0.4, 0.5) is 13.2 Å². The number of alkyl halides is 3. The van der Waals surface area contributed by atoms with Crippen molar-refractivity contribution in [1.29, 1.82) is 0 Å². The van der Waals surface area contributed by atoms with Crippen LogP contribution in [-0.2, 0) is 0 Å². The van der Waals surface area contributed by atoms with Gasteiger partial charge in [-0.2, -0.15) is 0 Å². The van der Waals surface area contributed by atoms with Gasteiger partial charge in [-0.1, -0.05) is 19.8 Å². The minimum Gasteiger partial charge on any atom is -0.508 e. The third kappa shape index (κ3) is 4.44. The number of halogens is 3. The summed E-state index contributed by atoms with van der Waals surface area (Å²) >= 11 is 0. The van der Waals surface area contributed by atoms with Crippen LogP contribution in [-0.4, -0.2) is 11.5 Å². The monoisotopic (exact) mass is 263 g/mol. The van der Waals surface area contributed by atoms with Crippen molar-refractivity contribution in [3.8, 4) is 11.5 Å². The fourth-order valence-electron chi connectivity index (χ4n) is 1.61. The smallest absolute Gasteiger partial charge is 0.508 e. The Labute approximate surface area is 103 Å². The van der Waals surface area contributed by atoms with Crippen molar-refractivity contribution in [2.75, 3.05) is 0 Å². The number of hydrogen-bond acceptors (Lipinski definition) is 3. The first-order valence-corrected chi connectivity index (χ1v) is 5.67. The van der Waals surface area contributed by atoms with Gasteiger partial charge in [0.15, 0.2) is 0 Å². The molecule has 0 saturated carbocycles. The van der Waals surface area contributed by atoms with E-state index in [2.05, 4.69) is 4.74 Å². The maximum atomic E-state index is 12.1. The van der Waals surface area contributed by atoms with Crippen LogP contribution in [0.2, 0.25) is 0 Å². The van der Waals surface area contributed by atoms with E-state index in [0.29, 0.717) is 6.42 Å². The molecule has 102 valence electrons. The van der Waals surface area contributed by atoms with Gasteiger partial charge < -0.3 is 15.6 Å². The van der Waals surface area contributed by atoms with Gasteiger partial charge in [0.1, 0.15) is 11.5 Å². The fourth-order valence-corrected chi connectivity index (χ4v) is 1.61. The molecular formula is C12H16F3NO2. The molecule has 0 heterocycles. The van der Waals surface area contributed by atoms with Gasteiger partial charge in [-0.3, -0.25) is 0 Å². The maximum Gasteiger partial charge on any atom is 0.573 e. The molecule has 0 saturated heterocycles. The standard InChI is InChI=1S/C12H16F3NO2/c1-2-3-4-10(16)9-7-8(5-6-11(9)17)18-12(13,14)15/h5-7,10,17H,2-4,16H2,1H3/t10-/m1/s1. The van der Waals surface area contributed by atoms with E-state index in [1.165, 1.54) is 0 Å². The van der Waals surface area contributed by atoms with Crippen molar-refractivity contribution in [2.45, 2.75) is 38.6 Å². The molecule has 3 N–H and O–H groups in total. The number of nitrogens with two attached hydrogens (primary N) is 1. The number of aromatic hydroxyl groups is 1. The van der Waals surface area contributed by atoms with E-state index in [-0.39, 0.29) is 17.1 Å². The second-order valence-electron chi connectivity index (χ2n) is 4.02. The Kier molecular flexibility index (Phi) is 4.84. The molecule has 3 nitrogen and oxygen atoms in total. The van der Waals surface area contributed by atoms with Gasteiger partial charge >= 0.3 is 6.36 Å². The van der Waals surface area contributed by atoms with Gasteiger partial charge in [0, 0.05) is 11.6 Å². The molecule has 0 spiro atoms. The largest absolute Gasteiger partial charge is 0.573 e. The summed E-state index contributed by atoms with van der Waals surface area (Å²) in [7, 11) is 0. The van der Waals surface area contributed by atoms with Crippen LogP contribution in [0.3, 0.4) is 0 Å². The Balaban J connectivity index is 2.87. The lowest BCUT2D eigenvalue weighted by atomic mass is 10.0. The lowest BCUT2D eigenvalue weighted by Gasteiger charge is -2.15. The van der Waals surface area contributed by atoms with Crippen LogP contribution >= 0.6 is 0 Å². The fraction of sp³-hybridized carbons (Fsp3) is 0.500. The van der Waals surface area contributed by atoms with Gasteiger partial charge in [-0.05, 0) is 24.6 Å². The highest BCUT2D eigenvalue weighted by molar-refractivity contribution is 5.41. The summed E-state index contributed by atoms with van der Waals surface area (Å²) in [5.74, 6) is -0.490. The predicted octanol–water partition coefficient (Wildman–Crippen LogP) is 3.48. The first kappa shape index (κ1) is 14.6. The van der Waals surface area contributed by atoms with E-state index in [1.54, 1.807) is 0 Å². The third-order valence-electron chi connectivity index (χ3n) is 2.50. The highest BCUT2D eigenvalue weighted by Crippen LogP contribution is 2.32. The summed E-state index contributed by atoms with van der Waals surface area (Å²) in [6.07, 6.45) is -2.39. The lowest BCUT2D eigenvalue weighted by Crippen LogP contribution is -2.18. The number of hydrogen-bond donors (Lipinski definition) is 2. The molecule has 0 radical (unpaired) electrons. The zero-order valence-corrected chi connectivity index (χ0v) is 10.00. The minimum atomic E-state index is -4.75. The van der Waals surface area contributed by atoms with Crippen molar-refractivity contribution < 1.29 is 23.0 Å². The molecule has 0 aliphatic rings. The normalized spacial score (nSPS) is 13.4. The van der Waals surface area contributed by atoms with Crippen molar-refractivity contribution in [3.63, 3.8) is 0 Å². The van der Waals surface area contributed by atoms with Crippen LogP contribution in [0.5, 0.6) is 11.5 Å². The van der Waals surface area contributed by atoms with Crippen molar-refractivity contribution >= 4 is 0 Å². The van der Waals surface area contributed by atoms with E-state index in [4.69, 9.17) is 5.73 Å². The Morgan fingerprint density at radius 2 is 2.06 bits per heavy atom. The highest BCUT2D eigenvalue weighted by atomic mass is 19.4. The first-order valence-electron chi connectivity index (χ1n) is 5.67. The molecule has 0 unspecified atom stereocenters. The molecule has 0 bridgehead atoms. The van der Waals surface area contributed by atoms with Crippen molar-refractivity contribution in [1.82, 2.24) is 0 Å². The van der Waals surface area contributed by atoms with Crippen LogP contribution in [0, 0.1) is 0 Å². The molecule has 0 aliphatic carbocycles. The SMILES string of the molecule is CCCC[C@@H](N)c1cc(OC(F)(F)F)ccc1O. The Morgan fingerprint density at radius 3 is 2.61 bits per heavy atom. The number of phenolic OH excluding ortho intramolecular Hbond substituents is 1. The summed E-state index contributed by atoms with van der Waals surface area (Å²) in [5, 5.41) is 9.59. The number of phenols is 1. The summed E-state index contributed by atoms with van der Waals surface area (Å²) < 4.78 is 40.0. The number of ether oxygens (including phenoxy) is 1. The zero-order chi connectivity index (χ0) is 13.8. The molecule has 6 heteroatoms. The Bertz CT molecular complexity index is 393. The van der Waals surface area contributed by atoms with E-state index < -0.39 is 12.4 Å². The van der Waals surface area contributed by atoms with Gasteiger partial charge in [-0.25, -0.2) is 0 Å². The summed E-state index contributed by atoms with van der Waals surface area (Å²) in [5.41, 5.74) is 6.09. The average Bonchev–Trinajstić information content (AvgIpc) is 2.26. The van der Waals surface area contributed by atoms with E-state index in [1.807, 2.05) is 6.92 Å². The minimum absolute atomic E-state index is 0.117. The van der Waals surface area contributed by atoms with Gasteiger partial charge in [0.25, 0.3) is 0 Å². The maximum absolute atomic E-state index is 12.1. The van der Waals surface area contributed by atoms with Gasteiger partial charge in [0.2, 0.25) is 0 Å². The second kappa shape index (κ2) is 5.95. The van der Waals surface area contributed by atoms with Crippen LogP contribution in [0.15, 0.2) is 18.2 Å². The average molecular weight is 263 g/mol. The number of benzene rings is 1. The van der Waals surface area contributed by atoms with E-state index in [9.17, 15) is 18.3 Å². The van der Waals surface area contributed by atoms with E-state index >= 15 is 0 Å². The molecule has 0 aromatic heterocycles. The molecule has 0 fully saturated rings. The number of rotatable bonds is 5. The topological polar surface area (TPSA) is 55.5 Å². The molecule has 1 aromatic rings. The quantitative estimate of drug-likeness (QED) is 0.855. The predicted molar refractivity (Wildman–Crippen MR) is 61.2 cm³/mol. The summed E-state index contributed by atoms with van der Waals surface area (Å²) in [4.78, 5) is 0. The van der Waals surface area contributed by atoms with Gasteiger partial charge in [0.05, 0.1) is 0 Å². The molecule has 0 amide bonds. The highest BCUT2D eigenvalue weighted by Gasteiger charge is 2.31. The summed E-state index contributed by atoms with van der Waals surface area (Å²) in [6.45, 7) is 1.98. The lowest BCUT2D eigenvalue weighted by molar-refractivity contribution is -0.274. The zero-order valence-electron chi connectivity index (χ0n) is 10.00. The van der Waals surface area contributed by atoms with E-state index in [0.717, 1.165) is 31.0 Å². The summed E-state index contributed by atoms with van der Waals surface area (Å²) in [6, 6.07) is 2.84. The first-order chi connectivity index (χ1) is 8.33. The van der Waals surface area contributed by atoms with Crippen molar-refractivity contribution in [2.24, 2.45) is 5.73 Å². The molecule has 1 aromatic carbocycles. The second-order valence-corrected chi connectivity index (χ2v) is 4.02. The Morgan fingerprint density at radius 1 is 1.39 bits per heavy atom. The molecule has 0 aliphatic heterocycles. The third-order valence-corrected chi connectivity index (χ3v) is 2.50. The number of unbranched alkanes of at least 4 members (excludes halogenated alkanes) is 1. The molecule has 1 rings (SSSR count). The Hall–Kier alpha value is -1.43.